The van der Waals surface area contributed by atoms with Crippen LogP contribution in [0.2, 0.25) is 5.15 Å². The minimum atomic E-state index is -0.0613. The number of rotatable bonds is 5. The van der Waals surface area contributed by atoms with E-state index >= 15 is 0 Å². The van der Waals surface area contributed by atoms with Gasteiger partial charge < -0.3 is 5.32 Å². The number of aromatic nitrogens is 1. The topological polar surface area (TPSA) is 54.4 Å². The van der Waals surface area contributed by atoms with Crippen molar-refractivity contribution in [2.75, 3.05) is 5.32 Å². The summed E-state index contributed by atoms with van der Waals surface area (Å²) in [7, 11) is 0. The van der Waals surface area contributed by atoms with Crippen LogP contribution in [0.5, 0.6) is 0 Å². The molecule has 0 aliphatic carbocycles. The second-order valence-corrected chi connectivity index (χ2v) is 5.49. The molecule has 5 heteroatoms. The minimum absolute atomic E-state index is 0.0613. The van der Waals surface area contributed by atoms with Gasteiger partial charge in [0.15, 0.2) is 5.15 Å². The lowest BCUT2D eigenvalue weighted by molar-refractivity contribution is -0.116. The first kappa shape index (κ1) is 23.0. The van der Waals surface area contributed by atoms with Gasteiger partial charge >= 0.3 is 0 Å². The van der Waals surface area contributed by atoms with E-state index in [0.717, 1.165) is 5.56 Å². The van der Waals surface area contributed by atoms with Crippen molar-refractivity contribution in [1.29, 1.82) is 0 Å². The van der Waals surface area contributed by atoms with E-state index in [1.807, 2.05) is 30.3 Å². The number of hydrogen-bond acceptors (Lipinski definition) is 3. The van der Waals surface area contributed by atoms with Crippen LogP contribution in [0.25, 0.3) is 0 Å². The first-order valence-electron chi connectivity index (χ1n) is 8.41. The Balaban J connectivity index is 0.000000331. The summed E-state index contributed by atoms with van der Waals surface area (Å²) in [6.45, 7) is 6.48. The third-order valence-corrected chi connectivity index (χ3v) is 3.38. The number of nitrogens with one attached hydrogen (secondary N) is 1. The smallest absolute Gasteiger partial charge is 0.224 e. The maximum Gasteiger partial charge on any atom is 0.224 e. The van der Waals surface area contributed by atoms with Crippen molar-refractivity contribution in [2.24, 2.45) is 4.99 Å². The highest BCUT2D eigenvalue weighted by atomic mass is 35.5. The molecule has 2 aromatic rings. The van der Waals surface area contributed by atoms with Crippen LogP contribution in [-0.4, -0.2) is 17.6 Å². The highest BCUT2D eigenvalue weighted by Gasteiger charge is 2.06. The van der Waals surface area contributed by atoms with Gasteiger partial charge in [0.2, 0.25) is 5.91 Å². The Kier molecular flexibility index (Phi) is 12.0. The Bertz CT molecular complexity index is 1090. The van der Waals surface area contributed by atoms with Crippen LogP contribution < -0.4 is 5.32 Å². The van der Waals surface area contributed by atoms with E-state index in [1.54, 1.807) is 18.3 Å². The van der Waals surface area contributed by atoms with Crippen LogP contribution in [0.1, 0.15) is 12.0 Å². The number of nitrogens with zero attached hydrogens (tertiary/aromatic N) is 2. The summed E-state index contributed by atoms with van der Waals surface area (Å²) in [6.07, 6.45) is 4.09. The predicted molar refractivity (Wildman–Crippen MR) is 117 cm³/mol. The van der Waals surface area contributed by atoms with Gasteiger partial charge in [0, 0.05) is 12.6 Å². The van der Waals surface area contributed by atoms with Gasteiger partial charge in [-0.3, -0.25) is 9.79 Å². The summed E-state index contributed by atoms with van der Waals surface area (Å²) in [5.74, 6) is -0.0613. The summed E-state index contributed by atoms with van der Waals surface area (Å²) < 4.78 is 0. The molecule has 1 aromatic carbocycles. The summed E-state index contributed by atoms with van der Waals surface area (Å²) in [4.78, 5) is 19.0. The summed E-state index contributed by atoms with van der Waals surface area (Å²) in [5, 5.41) is 3.06. The fourth-order valence-corrected chi connectivity index (χ4v) is 2.01. The summed E-state index contributed by atoms with van der Waals surface area (Å²) in [5.41, 5.74) is 19.0. The highest BCUT2D eigenvalue weighted by Crippen LogP contribution is 2.17. The predicted octanol–water partition coefficient (Wildman–Crippen LogP) is 5.22. The van der Waals surface area contributed by atoms with Crippen molar-refractivity contribution in [3.8, 4) is 0 Å². The van der Waals surface area contributed by atoms with Crippen molar-refractivity contribution >= 4 is 29.9 Å². The van der Waals surface area contributed by atoms with Crippen LogP contribution >= 0.6 is 11.6 Å². The number of aliphatic imine (C=N–C) groups is 1. The lowest BCUT2D eigenvalue weighted by Crippen LogP contribution is -2.12. The van der Waals surface area contributed by atoms with Gasteiger partial charge in [0.05, 0.1) is 11.9 Å². The Morgan fingerprint density at radius 2 is 1.83 bits per heavy atom. The molecule has 1 heterocycles. The van der Waals surface area contributed by atoms with E-state index in [-0.39, 0.29) is 5.91 Å². The van der Waals surface area contributed by atoms with Gasteiger partial charge in [-0.2, -0.15) is 0 Å². The Morgan fingerprint density at radius 3 is 2.52 bits per heavy atom. The molecule has 0 unspecified atom stereocenters. The molecule has 0 saturated carbocycles. The zero-order valence-corrected chi connectivity index (χ0v) is 16.5. The Labute approximate surface area is 175 Å². The lowest BCUT2D eigenvalue weighted by atomic mass is 10.1. The SMILES string of the molecule is C=C=C=C=C=C=C=C=CN=C.O=C(CCc1ccccc1)Nc1cccnc1Cl. The van der Waals surface area contributed by atoms with Gasteiger partial charge in [-0.05, 0) is 71.8 Å². The first-order chi connectivity index (χ1) is 14.2. The van der Waals surface area contributed by atoms with Gasteiger partial charge in [-0.15, -0.1) is 0 Å². The Hall–Kier alpha value is -4.00. The number of carbonyl (C=O) groups is 1. The fourth-order valence-electron chi connectivity index (χ4n) is 1.85. The first-order valence-corrected chi connectivity index (χ1v) is 8.79. The molecule has 0 spiro atoms. The van der Waals surface area contributed by atoms with E-state index in [0.29, 0.717) is 23.7 Å². The molecule has 0 fully saturated rings. The quantitative estimate of drug-likeness (QED) is 0.425. The van der Waals surface area contributed by atoms with Crippen molar-refractivity contribution in [3.63, 3.8) is 0 Å². The number of aryl methyl sites for hydroxylation is 1. The zero-order valence-electron chi connectivity index (χ0n) is 15.7. The number of hydrogen-bond donors (Lipinski definition) is 1. The molecule has 1 amide bonds. The molecular formula is C24H18ClN3O. The van der Waals surface area contributed by atoms with Gasteiger partial charge in [0.1, 0.15) is 0 Å². The molecule has 4 nitrogen and oxygen atoms in total. The second-order valence-electron chi connectivity index (χ2n) is 5.13. The molecule has 1 N–H and O–H groups in total. The van der Waals surface area contributed by atoms with Gasteiger partial charge in [-0.25, -0.2) is 4.98 Å². The second kappa shape index (κ2) is 15.1. The van der Waals surface area contributed by atoms with Crippen LogP contribution in [0.4, 0.5) is 5.69 Å². The van der Waals surface area contributed by atoms with Crippen molar-refractivity contribution < 1.29 is 4.79 Å². The lowest BCUT2D eigenvalue weighted by Gasteiger charge is -2.06. The number of carbonyl (C=O) groups excluding carboxylic acids is 1. The van der Waals surface area contributed by atoms with Crippen molar-refractivity contribution in [3.05, 3.63) is 112 Å². The average molecular weight is 400 g/mol. The molecule has 0 aliphatic heterocycles. The molecule has 2 rings (SSSR count). The molecule has 0 atom stereocenters. The molecule has 29 heavy (non-hydrogen) atoms. The summed E-state index contributed by atoms with van der Waals surface area (Å²) >= 11 is 5.86. The van der Waals surface area contributed by atoms with Gasteiger partial charge in [-0.1, -0.05) is 47.7 Å². The standard InChI is InChI=1S/C14H13ClN2O.C10H5N/c15-14-12(7-4-10-16-14)17-13(18)9-8-11-5-2-1-3-6-11;1-3-4-5-6-7-8-9-10-11-2/h1-7,10H,8-9H2,(H,17,18);10H,1-2H2. The molecule has 0 aliphatic rings. The number of benzene rings is 1. The normalized spacial score (nSPS) is 7.90. The van der Waals surface area contributed by atoms with Crippen LogP contribution in [0.3, 0.4) is 0 Å². The van der Waals surface area contributed by atoms with E-state index < -0.39 is 0 Å². The van der Waals surface area contributed by atoms with E-state index in [9.17, 15) is 4.79 Å². The number of pyridine rings is 1. The molecule has 142 valence electrons. The third-order valence-electron chi connectivity index (χ3n) is 3.08. The molecule has 0 bridgehead atoms. The molecule has 1 aromatic heterocycles. The number of halogens is 1. The maximum atomic E-state index is 11.7. The minimum Gasteiger partial charge on any atom is -0.323 e. The third kappa shape index (κ3) is 11.3. The molecular weight excluding hydrogens is 382 g/mol. The maximum absolute atomic E-state index is 11.7. The van der Waals surface area contributed by atoms with E-state index in [1.165, 1.54) is 6.20 Å². The van der Waals surface area contributed by atoms with E-state index in [2.05, 4.69) is 68.7 Å². The van der Waals surface area contributed by atoms with Crippen molar-refractivity contribution in [2.45, 2.75) is 12.8 Å². The van der Waals surface area contributed by atoms with E-state index in [4.69, 9.17) is 11.6 Å². The number of anilines is 1. The Morgan fingerprint density at radius 1 is 1.10 bits per heavy atom. The van der Waals surface area contributed by atoms with Crippen LogP contribution in [-0.2, 0) is 11.2 Å². The monoisotopic (exact) mass is 399 g/mol. The molecule has 0 radical (unpaired) electrons. The van der Waals surface area contributed by atoms with Crippen molar-refractivity contribution in [1.82, 2.24) is 4.98 Å². The zero-order chi connectivity index (χ0) is 21.2. The summed E-state index contributed by atoms with van der Waals surface area (Å²) in [6, 6.07) is 13.4. The largest absolute Gasteiger partial charge is 0.323 e. The molecule has 0 saturated heterocycles. The van der Waals surface area contributed by atoms with Gasteiger partial charge in [0.25, 0.3) is 0 Å². The number of amides is 1. The fraction of sp³-hybridized carbons (Fsp3) is 0.0833. The highest BCUT2D eigenvalue weighted by molar-refractivity contribution is 6.32. The average Bonchev–Trinajstić information content (AvgIpc) is 2.75. The van der Waals surface area contributed by atoms with Crippen LogP contribution in [0.15, 0.2) is 107 Å². The van der Waals surface area contributed by atoms with Crippen LogP contribution in [0, 0.1) is 0 Å².